The highest BCUT2D eigenvalue weighted by Crippen LogP contribution is 2.14. The van der Waals surface area contributed by atoms with E-state index in [9.17, 15) is 18.0 Å². The zero-order valence-corrected chi connectivity index (χ0v) is 16.3. The smallest absolute Gasteiger partial charge is 0.291 e. The number of benzene rings is 2. The molecule has 3 rings (SSSR count). The monoisotopic (exact) mass is 413 g/mol. The van der Waals surface area contributed by atoms with Gasteiger partial charge in [-0.2, -0.15) is 0 Å². The number of anilines is 2. The minimum Gasteiger partial charge on any atom is -0.459 e. The van der Waals surface area contributed by atoms with Crippen LogP contribution >= 0.6 is 0 Å². The van der Waals surface area contributed by atoms with Crippen molar-refractivity contribution in [3.63, 3.8) is 0 Å². The van der Waals surface area contributed by atoms with Crippen molar-refractivity contribution in [3.8, 4) is 0 Å². The average molecular weight is 413 g/mol. The van der Waals surface area contributed by atoms with Gasteiger partial charge in [-0.15, -0.1) is 0 Å². The first kappa shape index (κ1) is 20.2. The van der Waals surface area contributed by atoms with Gasteiger partial charge in [0, 0.05) is 23.5 Å². The Morgan fingerprint density at radius 3 is 2.41 bits per heavy atom. The Bertz CT molecular complexity index is 1120. The largest absolute Gasteiger partial charge is 0.459 e. The van der Waals surface area contributed by atoms with Gasteiger partial charge in [0.2, 0.25) is 10.0 Å². The molecule has 0 saturated carbocycles. The van der Waals surface area contributed by atoms with E-state index in [0.29, 0.717) is 16.9 Å². The molecule has 1 heterocycles. The average Bonchev–Trinajstić information content (AvgIpc) is 3.20. The first-order chi connectivity index (χ1) is 13.8. The summed E-state index contributed by atoms with van der Waals surface area (Å²) < 4.78 is 30.0. The van der Waals surface area contributed by atoms with Crippen LogP contribution in [0.2, 0.25) is 0 Å². The SMILES string of the molecule is CS(=O)(=O)Nc1cccc(C(=O)NCc2cccc(NC(=O)c3ccco3)c2)c1. The van der Waals surface area contributed by atoms with Crippen molar-refractivity contribution < 1.29 is 22.4 Å². The molecule has 1 aromatic heterocycles. The Balaban J connectivity index is 1.62. The van der Waals surface area contributed by atoms with E-state index in [1.54, 1.807) is 48.5 Å². The fraction of sp³-hybridized carbons (Fsp3) is 0.100. The maximum Gasteiger partial charge on any atom is 0.291 e. The lowest BCUT2D eigenvalue weighted by Gasteiger charge is -2.09. The van der Waals surface area contributed by atoms with E-state index >= 15 is 0 Å². The topological polar surface area (TPSA) is 118 Å². The van der Waals surface area contributed by atoms with Crippen molar-refractivity contribution in [1.82, 2.24) is 5.32 Å². The maximum atomic E-state index is 12.4. The molecular formula is C20H19N3O5S. The number of amides is 2. The zero-order valence-electron chi connectivity index (χ0n) is 15.5. The van der Waals surface area contributed by atoms with E-state index in [1.807, 2.05) is 6.07 Å². The number of carbonyl (C=O) groups is 2. The van der Waals surface area contributed by atoms with Crippen molar-refractivity contribution in [3.05, 3.63) is 83.8 Å². The number of nitrogens with one attached hydrogen (secondary N) is 3. The molecule has 8 nitrogen and oxygen atoms in total. The number of hydrogen-bond donors (Lipinski definition) is 3. The summed E-state index contributed by atoms with van der Waals surface area (Å²) in [6, 6.07) is 16.4. The minimum atomic E-state index is -3.43. The molecule has 0 unspecified atom stereocenters. The van der Waals surface area contributed by atoms with Crippen LogP contribution < -0.4 is 15.4 Å². The summed E-state index contributed by atoms with van der Waals surface area (Å²) in [5.74, 6) is -0.523. The van der Waals surface area contributed by atoms with Gasteiger partial charge in [0.25, 0.3) is 11.8 Å². The number of hydrogen-bond acceptors (Lipinski definition) is 5. The molecule has 0 spiro atoms. The summed E-state index contributed by atoms with van der Waals surface area (Å²) in [4.78, 5) is 24.4. The van der Waals surface area contributed by atoms with E-state index in [0.717, 1.165) is 11.8 Å². The molecule has 0 aliphatic carbocycles. The first-order valence-corrected chi connectivity index (χ1v) is 10.5. The van der Waals surface area contributed by atoms with Crippen molar-refractivity contribution >= 4 is 33.2 Å². The third kappa shape index (κ3) is 5.94. The van der Waals surface area contributed by atoms with Gasteiger partial charge in [-0.1, -0.05) is 18.2 Å². The Hall–Kier alpha value is -3.59. The lowest BCUT2D eigenvalue weighted by atomic mass is 10.1. The fourth-order valence-corrected chi connectivity index (χ4v) is 3.14. The Kier molecular flexibility index (Phi) is 5.99. The normalized spacial score (nSPS) is 10.9. The molecule has 0 aliphatic rings. The molecule has 0 radical (unpaired) electrons. The second kappa shape index (κ2) is 8.61. The van der Waals surface area contributed by atoms with E-state index < -0.39 is 10.0 Å². The van der Waals surface area contributed by atoms with E-state index in [2.05, 4.69) is 15.4 Å². The molecule has 0 saturated heterocycles. The molecule has 0 fully saturated rings. The second-order valence-corrected chi connectivity index (χ2v) is 8.02. The van der Waals surface area contributed by atoms with Crippen LogP contribution in [0.25, 0.3) is 0 Å². The predicted octanol–water partition coefficient (Wildman–Crippen LogP) is 2.83. The van der Waals surface area contributed by atoms with Gasteiger partial charge in [-0.25, -0.2) is 8.42 Å². The summed E-state index contributed by atoms with van der Waals surface area (Å²) in [6.07, 6.45) is 2.46. The lowest BCUT2D eigenvalue weighted by molar-refractivity contribution is 0.0949. The molecule has 9 heteroatoms. The van der Waals surface area contributed by atoms with E-state index in [4.69, 9.17) is 4.42 Å². The Labute approximate surface area is 168 Å². The van der Waals surface area contributed by atoms with Gasteiger partial charge in [-0.3, -0.25) is 14.3 Å². The van der Waals surface area contributed by atoms with E-state index in [-0.39, 0.29) is 24.1 Å². The Morgan fingerprint density at radius 1 is 0.931 bits per heavy atom. The van der Waals surface area contributed by atoms with Crippen LogP contribution in [0.15, 0.2) is 71.3 Å². The standard InChI is InChI=1S/C20H19N3O5S/c1-29(26,27)23-17-8-3-6-15(12-17)19(24)21-13-14-5-2-7-16(11-14)22-20(25)18-9-4-10-28-18/h2-12,23H,13H2,1H3,(H,21,24)(H,22,25). The van der Waals surface area contributed by atoms with Crippen LogP contribution in [0, 0.1) is 0 Å². The van der Waals surface area contributed by atoms with Crippen LogP contribution in [-0.2, 0) is 16.6 Å². The van der Waals surface area contributed by atoms with Crippen molar-refractivity contribution in [2.45, 2.75) is 6.54 Å². The highest BCUT2D eigenvalue weighted by Gasteiger charge is 2.10. The summed E-state index contributed by atoms with van der Waals surface area (Å²) >= 11 is 0. The molecule has 0 aliphatic heterocycles. The molecule has 3 N–H and O–H groups in total. The van der Waals surface area contributed by atoms with Gasteiger partial charge < -0.3 is 15.1 Å². The summed E-state index contributed by atoms with van der Waals surface area (Å²) in [6.45, 7) is 0.229. The predicted molar refractivity (Wildman–Crippen MR) is 109 cm³/mol. The summed E-state index contributed by atoms with van der Waals surface area (Å²) in [5.41, 5.74) is 1.97. The number of rotatable bonds is 7. The van der Waals surface area contributed by atoms with Gasteiger partial charge >= 0.3 is 0 Å². The molecule has 2 aromatic carbocycles. The molecule has 150 valence electrons. The van der Waals surface area contributed by atoms with Crippen LogP contribution in [-0.4, -0.2) is 26.5 Å². The van der Waals surface area contributed by atoms with Crippen molar-refractivity contribution in [2.75, 3.05) is 16.3 Å². The number of carbonyl (C=O) groups excluding carboxylic acids is 2. The van der Waals surface area contributed by atoms with Crippen LogP contribution in [0.1, 0.15) is 26.5 Å². The lowest BCUT2D eigenvalue weighted by Crippen LogP contribution is -2.23. The number of furan rings is 1. The maximum absolute atomic E-state index is 12.4. The van der Waals surface area contributed by atoms with Crippen LogP contribution in [0.3, 0.4) is 0 Å². The van der Waals surface area contributed by atoms with Crippen LogP contribution in [0.4, 0.5) is 11.4 Å². The summed E-state index contributed by atoms with van der Waals surface area (Å²) in [5, 5.41) is 5.49. The fourth-order valence-electron chi connectivity index (χ4n) is 2.58. The molecule has 3 aromatic rings. The highest BCUT2D eigenvalue weighted by atomic mass is 32.2. The molecule has 0 bridgehead atoms. The third-order valence-electron chi connectivity index (χ3n) is 3.81. The number of sulfonamides is 1. The van der Waals surface area contributed by atoms with Crippen molar-refractivity contribution in [1.29, 1.82) is 0 Å². The van der Waals surface area contributed by atoms with Crippen LogP contribution in [0.5, 0.6) is 0 Å². The first-order valence-electron chi connectivity index (χ1n) is 8.60. The van der Waals surface area contributed by atoms with Gasteiger partial charge in [-0.05, 0) is 48.0 Å². The molecule has 29 heavy (non-hydrogen) atoms. The minimum absolute atomic E-state index is 0.200. The zero-order chi connectivity index (χ0) is 20.9. The summed E-state index contributed by atoms with van der Waals surface area (Å²) in [7, 11) is -3.43. The quantitative estimate of drug-likeness (QED) is 0.551. The van der Waals surface area contributed by atoms with Gasteiger partial charge in [0.1, 0.15) is 0 Å². The van der Waals surface area contributed by atoms with Crippen molar-refractivity contribution in [2.24, 2.45) is 0 Å². The van der Waals surface area contributed by atoms with Gasteiger partial charge in [0.05, 0.1) is 12.5 Å². The van der Waals surface area contributed by atoms with E-state index in [1.165, 1.54) is 12.3 Å². The van der Waals surface area contributed by atoms with Gasteiger partial charge in [0.15, 0.2) is 5.76 Å². The molecular weight excluding hydrogens is 394 g/mol. The second-order valence-electron chi connectivity index (χ2n) is 6.27. The third-order valence-corrected chi connectivity index (χ3v) is 4.42. The molecule has 2 amide bonds. The Morgan fingerprint density at radius 2 is 1.69 bits per heavy atom. The highest BCUT2D eigenvalue weighted by molar-refractivity contribution is 7.92. The molecule has 0 atom stereocenters.